The monoisotopic (exact) mass is 293 g/mol. The van der Waals surface area contributed by atoms with E-state index in [1.54, 1.807) is 24.3 Å². The molecule has 0 bridgehead atoms. The van der Waals surface area contributed by atoms with E-state index in [-0.39, 0.29) is 11.8 Å². The summed E-state index contributed by atoms with van der Waals surface area (Å²) in [5.74, 6) is -0.178. The number of rotatable bonds is 7. The highest BCUT2D eigenvalue weighted by atomic mass is 16.5. The Labute approximate surface area is 125 Å². The predicted molar refractivity (Wildman–Crippen MR) is 80.3 cm³/mol. The summed E-state index contributed by atoms with van der Waals surface area (Å²) < 4.78 is 10.2. The van der Waals surface area contributed by atoms with Gasteiger partial charge in [0.1, 0.15) is 11.8 Å². The molecule has 0 fully saturated rings. The van der Waals surface area contributed by atoms with Crippen molar-refractivity contribution in [3.05, 3.63) is 29.8 Å². The van der Waals surface area contributed by atoms with Crippen LogP contribution in [0.1, 0.15) is 37.6 Å². The van der Waals surface area contributed by atoms with Gasteiger partial charge in [0, 0.05) is 5.56 Å². The van der Waals surface area contributed by atoms with Crippen LogP contribution in [0.25, 0.3) is 0 Å². The number of benzene rings is 1. The number of nitrogens with one attached hydrogen (secondary N) is 1. The van der Waals surface area contributed by atoms with E-state index in [1.807, 2.05) is 20.8 Å². The fourth-order valence-corrected chi connectivity index (χ4v) is 1.80. The molecular formula is C16H23NO4. The minimum absolute atomic E-state index is 0.0547. The smallest absolute Gasteiger partial charge is 0.328 e. The molecule has 1 amide bonds. The van der Waals surface area contributed by atoms with Gasteiger partial charge < -0.3 is 14.8 Å². The molecule has 0 aliphatic carbocycles. The lowest BCUT2D eigenvalue weighted by Crippen LogP contribution is -2.45. The van der Waals surface area contributed by atoms with Gasteiger partial charge in [-0.05, 0) is 30.5 Å². The van der Waals surface area contributed by atoms with Crippen LogP contribution < -0.4 is 10.1 Å². The quantitative estimate of drug-likeness (QED) is 0.784. The summed E-state index contributed by atoms with van der Waals surface area (Å²) in [6, 6.07) is 6.24. The third-order valence-electron chi connectivity index (χ3n) is 2.98. The van der Waals surface area contributed by atoms with Gasteiger partial charge in [-0.25, -0.2) is 4.79 Å². The molecule has 1 unspecified atom stereocenters. The summed E-state index contributed by atoms with van der Waals surface area (Å²) in [7, 11) is 1.31. The summed E-state index contributed by atoms with van der Waals surface area (Å²) in [5, 5.41) is 2.70. The van der Waals surface area contributed by atoms with E-state index in [2.05, 4.69) is 5.32 Å². The molecule has 1 N–H and O–H groups in total. The summed E-state index contributed by atoms with van der Waals surface area (Å²) >= 11 is 0. The number of carbonyl (C=O) groups excluding carboxylic acids is 2. The van der Waals surface area contributed by atoms with Crippen LogP contribution in [0.5, 0.6) is 5.75 Å². The van der Waals surface area contributed by atoms with Gasteiger partial charge in [0.25, 0.3) is 5.91 Å². The van der Waals surface area contributed by atoms with Gasteiger partial charge in [0.05, 0.1) is 13.7 Å². The largest absolute Gasteiger partial charge is 0.494 e. The molecule has 0 saturated heterocycles. The Morgan fingerprint density at radius 3 is 2.57 bits per heavy atom. The van der Waals surface area contributed by atoms with Crippen LogP contribution in [0.2, 0.25) is 0 Å². The number of methoxy groups -OCH3 is 1. The van der Waals surface area contributed by atoms with Crippen LogP contribution in [-0.4, -0.2) is 31.6 Å². The molecule has 0 heterocycles. The van der Waals surface area contributed by atoms with Crippen LogP contribution in [0.15, 0.2) is 24.3 Å². The summed E-state index contributed by atoms with van der Waals surface area (Å²) in [6.07, 6.45) is 0.897. The van der Waals surface area contributed by atoms with E-state index < -0.39 is 12.0 Å². The summed E-state index contributed by atoms with van der Waals surface area (Å²) in [6.45, 7) is 6.31. The lowest BCUT2D eigenvalue weighted by molar-refractivity contribution is -0.144. The lowest BCUT2D eigenvalue weighted by Gasteiger charge is -2.19. The average molecular weight is 293 g/mol. The van der Waals surface area contributed by atoms with Gasteiger partial charge in [-0.15, -0.1) is 0 Å². The number of ether oxygens (including phenoxy) is 2. The zero-order valence-corrected chi connectivity index (χ0v) is 13.0. The zero-order valence-electron chi connectivity index (χ0n) is 13.0. The molecule has 0 aliphatic rings. The highest BCUT2D eigenvalue weighted by Crippen LogP contribution is 2.14. The third-order valence-corrected chi connectivity index (χ3v) is 2.98. The second-order valence-corrected chi connectivity index (χ2v) is 5.09. The van der Waals surface area contributed by atoms with Gasteiger partial charge in [-0.3, -0.25) is 4.79 Å². The van der Waals surface area contributed by atoms with Crippen molar-refractivity contribution in [1.29, 1.82) is 0 Å². The molecule has 1 atom stereocenters. The van der Waals surface area contributed by atoms with Crippen molar-refractivity contribution < 1.29 is 19.1 Å². The highest BCUT2D eigenvalue weighted by Gasteiger charge is 2.25. The second kappa shape index (κ2) is 8.29. The Bertz CT molecular complexity index is 485. The van der Waals surface area contributed by atoms with E-state index in [1.165, 1.54) is 7.11 Å². The van der Waals surface area contributed by atoms with E-state index >= 15 is 0 Å². The molecule has 0 aliphatic heterocycles. The Hall–Kier alpha value is -2.04. The van der Waals surface area contributed by atoms with E-state index in [4.69, 9.17) is 9.47 Å². The first kappa shape index (κ1) is 17.0. The summed E-state index contributed by atoms with van der Waals surface area (Å²) in [4.78, 5) is 23.9. The fraction of sp³-hybridized carbons (Fsp3) is 0.500. The maximum atomic E-state index is 12.2. The van der Waals surface area contributed by atoms with Gasteiger partial charge in [0.15, 0.2) is 0 Å². The molecule has 0 radical (unpaired) electrons. The number of hydrogen-bond acceptors (Lipinski definition) is 4. The molecule has 1 aromatic rings. The molecule has 0 spiro atoms. The number of amides is 1. The molecule has 116 valence electrons. The van der Waals surface area contributed by atoms with Crippen LogP contribution in [0.4, 0.5) is 0 Å². The van der Waals surface area contributed by atoms with Gasteiger partial charge in [0.2, 0.25) is 0 Å². The van der Waals surface area contributed by atoms with Crippen molar-refractivity contribution in [3.63, 3.8) is 0 Å². The SMILES string of the molecule is CCCOc1cccc(C(=O)NC(C(=O)OC)C(C)C)c1. The number of esters is 1. The fourth-order valence-electron chi connectivity index (χ4n) is 1.80. The molecule has 21 heavy (non-hydrogen) atoms. The zero-order chi connectivity index (χ0) is 15.8. The maximum absolute atomic E-state index is 12.2. The Kier molecular flexibility index (Phi) is 6.72. The predicted octanol–water partition coefficient (Wildman–Crippen LogP) is 2.40. The first-order valence-corrected chi connectivity index (χ1v) is 7.11. The molecule has 0 saturated carbocycles. The number of hydrogen-bond donors (Lipinski definition) is 1. The van der Waals surface area contributed by atoms with Crippen molar-refractivity contribution in [2.75, 3.05) is 13.7 Å². The molecule has 5 nitrogen and oxygen atoms in total. The van der Waals surface area contributed by atoms with E-state index in [0.717, 1.165) is 6.42 Å². The minimum atomic E-state index is -0.664. The minimum Gasteiger partial charge on any atom is -0.494 e. The van der Waals surface area contributed by atoms with Gasteiger partial charge >= 0.3 is 5.97 Å². The Balaban J connectivity index is 2.80. The van der Waals surface area contributed by atoms with Crippen molar-refractivity contribution >= 4 is 11.9 Å². The Morgan fingerprint density at radius 2 is 2.00 bits per heavy atom. The van der Waals surface area contributed by atoms with Crippen LogP contribution in [0.3, 0.4) is 0 Å². The highest BCUT2D eigenvalue weighted by molar-refractivity contribution is 5.97. The average Bonchev–Trinajstić information content (AvgIpc) is 2.49. The molecule has 0 aromatic heterocycles. The number of carbonyl (C=O) groups is 2. The van der Waals surface area contributed by atoms with Crippen molar-refractivity contribution in [1.82, 2.24) is 5.32 Å². The summed E-state index contributed by atoms with van der Waals surface area (Å²) in [5.41, 5.74) is 0.457. The Morgan fingerprint density at radius 1 is 1.29 bits per heavy atom. The second-order valence-electron chi connectivity index (χ2n) is 5.09. The van der Waals surface area contributed by atoms with E-state index in [0.29, 0.717) is 17.9 Å². The standard InChI is InChI=1S/C16H23NO4/c1-5-9-21-13-8-6-7-12(10-13)15(18)17-14(11(2)3)16(19)20-4/h6-8,10-11,14H,5,9H2,1-4H3,(H,17,18). The van der Waals surface area contributed by atoms with Crippen LogP contribution >= 0.6 is 0 Å². The van der Waals surface area contributed by atoms with Crippen molar-refractivity contribution in [2.24, 2.45) is 5.92 Å². The van der Waals surface area contributed by atoms with Crippen molar-refractivity contribution in [3.8, 4) is 5.75 Å². The molecular weight excluding hydrogens is 270 g/mol. The lowest BCUT2D eigenvalue weighted by atomic mass is 10.0. The van der Waals surface area contributed by atoms with Gasteiger partial charge in [-0.2, -0.15) is 0 Å². The first-order valence-electron chi connectivity index (χ1n) is 7.11. The van der Waals surface area contributed by atoms with E-state index in [9.17, 15) is 9.59 Å². The van der Waals surface area contributed by atoms with Crippen LogP contribution in [-0.2, 0) is 9.53 Å². The van der Waals surface area contributed by atoms with Crippen LogP contribution in [0, 0.1) is 5.92 Å². The molecule has 1 rings (SSSR count). The van der Waals surface area contributed by atoms with Gasteiger partial charge in [-0.1, -0.05) is 26.8 Å². The topological polar surface area (TPSA) is 64.6 Å². The first-order chi connectivity index (χ1) is 9.99. The molecule has 1 aromatic carbocycles. The molecule has 5 heteroatoms. The maximum Gasteiger partial charge on any atom is 0.328 e. The third kappa shape index (κ3) is 5.10. The normalized spacial score (nSPS) is 11.9. The van der Waals surface area contributed by atoms with Crippen molar-refractivity contribution in [2.45, 2.75) is 33.2 Å².